The predicted molar refractivity (Wildman–Crippen MR) is 48.4 cm³/mol. The molecule has 0 saturated carbocycles. The Morgan fingerprint density at radius 1 is 1.33 bits per heavy atom. The monoisotopic (exact) mass is 174 g/mol. The standard InChI is InChI=1S/C8H18N2O2/c1-7(2)9-5-3-4-6-10-8(11)12/h7,9-10H,3-6H2,1-2H3,(H,11,12). The molecule has 0 aliphatic heterocycles. The van der Waals surface area contributed by atoms with Crippen LogP contribution >= 0.6 is 0 Å². The van der Waals surface area contributed by atoms with Crippen molar-refractivity contribution in [1.29, 1.82) is 0 Å². The highest BCUT2D eigenvalue weighted by atomic mass is 16.4. The third-order valence-electron chi connectivity index (χ3n) is 1.43. The average molecular weight is 174 g/mol. The first-order chi connectivity index (χ1) is 5.63. The molecule has 72 valence electrons. The Hall–Kier alpha value is -0.770. The molecule has 1 amide bonds. The van der Waals surface area contributed by atoms with Gasteiger partial charge in [0.2, 0.25) is 0 Å². The zero-order valence-corrected chi connectivity index (χ0v) is 7.76. The van der Waals surface area contributed by atoms with E-state index in [1.165, 1.54) is 0 Å². The maximum atomic E-state index is 10.0. The van der Waals surface area contributed by atoms with E-state index in [-0.39, 0.29) is 0 Å². The topological polar surface area (TPSA) is 61.4 Å². The summed E-state index contributed by atoms with van der Waals surface area (Å²) in [4.78, 5) is 10.0. The van der Waals surface area contributed by atoms with Crippen molar-refractivity contribution in [2.45, 2.75) is 32.7 Å². The predicted octanol–water partition coefficient (Wildman–Crippen LogP) is 1.03. The minimum atomic E-state index is -0.938. The molecule has 0 aromatic carbocycles. The molecule has 12 heavy (non-hydrogen) atoms. The van der Waals surface area contributed by atoms with Crippen LogP contribution in [0.5, 0.6) is 0 Å². The van der Waals surface area contributed by atoms with E-state index in [9.17, 15) is 4.79 Å². The first-order valence-corrected chi connectivity index (χ1v) is 4.33. The van der Waals surface area contributed by atoms with Gasteiger partial charge >= 0.3 is 6.09 Å². The fourth-order valence-corrected chi connectivity index (χ4v) is 0.836. The van der Waals surface area contributed by atoms with Gasteiger partial charge in [-0.2, -0.15) is 0 Å². The van der Waals surface area contributed by atoms with Gasteiger partial charge in [0.1, 0.15) is 0 Å². The zero-order valence-electron chi connectivity index (χ0n) is 7.76. The summed E-state index contributed by atoms with van der Waals surface area (Å²) < 4.78 is 0. The Bertz CT molecular complexity index is 126. The second-order valence-corrected chi connectivity index (χ2v) is 3.05. The summed E-state index contributed by atoms with van der Waals surface area (Å²) in [6, 6.07) is 0.512. The smallest absolute Gasteiger partial charge is 0.404 e. The Morgan fingerprint density at radius 2 is 1.92 bits per heavy atom. The summed E-state index contributed by atoms with van der Waals surface area (Å²) in [6.07, 6.45) is 0.969. The van der Waals surface area contributed by atoms with Gasteiger partial charge in [0.25, 0.3) is 0 Å². The van der Waals surface area contributed by atoms with E-state index in [1.807, 2.05) is 0 Å². The van der Waals surface area contributed by atoms with Crippen molar-refractivity contribution in [3.63, 3.8) is 0 Å². The molecular weight excluding hydrogens is 156 g/mol. The molecule has 0 aliphatic carbocycles. The molecule has 0 rings (SSSR count). The first kappa shape index (κ1) is 11.2. The number of nitrogens with one attached hydrogen (secondary N) is 2. The van der Waals surface area contributed by atoms with Crippen LogP contribution in [-0.4, -0.2) is 30.3 Å². The highest BCUT2D eigenvalue weighted by molar-refractivity contribution is 5.64. The van der Waals surface area contributed by atoms with Gasteiger partial charge in [0, 0.05) is 12.6 Å². The van der Waals surface area contributed by atoms with Crippen LogP contribution in [0, 0.1) is 0 Å². The van der Waals surface area contributed by atoms with Crippen molar-refractivity contribution in [2.24, 2.45) is 0 Å². The Kier molecular flexibility index (Phi) is 6.47. The van der Waals surface area contributed by atoms with Gasteiger partial charge in [-0.25, -0.2) is 4.79 Å². The maximum Gasteiger partial charge on any atom is 0.404 e. The molecule has 0 atom stereocenters. The lowest BCUT2D eigenvalue weighted by Gasteiger charge is -2.07. The zero-order chi connectivity index (χ0) is 9.40. The fourth-order valence-electron chi connectivity index (χ4n) is 0.836. The van der Waals surface area contributed by atoms with Crippen LogP contribution < -0.4 is 10.6 Å². The lowest BCUT2D eigenvalue weighted by Crippen LogP contribution is -2.26. The fraction of sp³-hybridized carbons (Fsp3) is 0.875. The molecule has 0 unspecified atom stereocenters. The summed E-state index contributed by atoms with van der Waals surface area (Å²) in [6.45, 7) is 5.69. The second kappa shape index (κ2) is 6.91. The van der Waals surface area contributed by atoms with Crippen LogP contribution in [0.2, 0.25) is 0 Å². The van der Waals surface area contributed by atoms with Gasteiger partial charge < -0.3 is 15.7 Å². The molecule has 0 spiro atoms. The van der Waals surface area contributed by atoms with Crippen LogP contribution in [0.15, 0.2) is 0 Å². The minimum Gasteiger partial charge on any atom is -0.465 e. The number of hydrogen-bond acceptors (Lipinski definition) is 2. The maximum absolute atomic E-state index is 10.0. The Labute approximate surface area is 73.3 Å². The van der Waals surface area contributed by atoms with Gasteiger partial charge in [0.05, 0.1) is 0 Å². The summed E-state index contributed by atoms with van der Waals surface area (Å²) in [5, 5.41) is 13.8. The van der Waals surface area contributed by atoms with E-state index < -0.39 is 6.09 Å². The van der Waals surface area contributed by atoms with Crippen LogP contribution in [0.4, 0.5) is 4.79 Å². The third-order valence-corrected chi connectivity index (χ3v) is 1.43. The van der Waals surface area contributed by atoms with Crippen molar-refractivity contribution >= 4 is 6.09 Å². The SMILES string of the molecule is CC(C)NCCCCNC(=O)O. The van der Waals surface area contributed by atoms with Gasteiger partial charge in [-0.05, 0) is 19.4 Å². The highest BCUT2D eigenvalue weighted by Crippen LogP contribution is 1.86. The second-order valence-electron chi connectivity index (χ2n) is 3.05. The quantitative estimate of drug-likeness (QED) is 0.527. The molecule has 4 heteroatoms. The summed E-state index contributed by atoms with van der Waals surface area (Å²) >= 11 is 0. The largest absolute Gasteiger partial charge is 0.465 e. The van der Waals surface area contributed by atoms with Crippen molar-refractivity contribution in [1.82, 2.24) is 10.6 Å². The Balaban J connectivity index is 2.96. The molecule has 0 bridgehead atoms. The van der Waals surface area contributed by atoms with Crippen LogP contribution in [0.1, 0.15) is 26.7 Å². The lowest BCUT2D eigenvalue weighted by atomic mass is 10.3. The average Bonchev–Trinajstić information content (AvgIpc) is 1.95. The molecule has 0 aromatic rings. The van der Waals surface area contributed by atoms with Gasteiger partial charge in [-0.1, -0.05) is 13.8 Å². The molecule has 3 N–H and O–H groups in total. The lowest BCUT2D eigenvalue weighted by molar-refractivity contribution is 0.194. The van der Waals surface area contributed by atoms with E-state index in [1.54, 1.807) is 0 Å². The summed E-state index contributed by atoms with van der Waals surface area (Å²) in [7, 11) is 0. The molecule has 0 saturated heterocycles. The van der Waals surface area contributed by atoms with E-state index in [0.29, 0.717) is 12.6 Å². The third kappa shape index (κ3) is 9.23. The molecular formula is C8H18N2O2. The highest BCUT2D eigenvalue weighted by Gasteiger charge is 1.94. The number of unbranched alkanes of at least 4 members (excludes halogenated alkanes) is 1. The number of carboxylic acid groups (broad SMARTS) is 1. The molecule has 0 aromatic heterocycles. The molecule has 0 heterocycles. The summed E-state index contributed by atoms with van der Waals surface area (Å²) in [5.41, 5.74) is 0. The van der Waals surface area contributed by atoms with Gasteiger partial charge in [-0.15, -0.1) is 0 Å². The molecule has 0 fully saturated rings. The van der Waals surface area contributed by atoms with Gasteiger partial charge in [-0.3, -0.25) is 0 Å². The number of amides is 1. The van der Waals surface area contributed by atoms with E-state index in [0.717, 1.165) is 19.4 Å². The van der Waals surface area contributed by atoms with E-state index in [2.05, 4.69) is 24.5 Å². The molecule has 4 nitrogen and oxygen atoms in total. The number of carbonyl (C=O) groups is 1. The number of rotatable bonds is 6. The first-order valence-electron chi connectivity index (χ1n) is 4.33. The molecule has 0 aliphatic rings. The Morgan fingerprint density at radius 3 is 2.42 bits per heavy atom. The molecule has 0 radical (unpaired) electrons. The van der Waals surface area contributed by atoms with Crippen LogP contribution in [0.3, 0.4) is 0 Å². The van der Waals surface area contributed by atoms with Crippen molar-refractivity contribution < 1.29 is 9.90 Å². The van der Waals surface area contributed by atoms with Crippen molar-refractivity contribution in [2.75, 3.05) is 13.1 Å². The van der Waals surface area contributed by atoms with E-state index in [4.69, 9.17) is 5.11 Å². The van der Waals surface area contributed by atoms with Crippen molar-refractivity contribution in [3.8, 4) is 0 Å². The summed E-state index contributed by atoms with van der Waals surface area (Å²) in [5.74, 6) is 0. The van der Waals surface area contributed by atoms with Crippen LogP contribution in [0.25, 0.3) is 0 Å². The van der Waals surface area contributed by atoms with Gasteiger partial charge in [0.15, 0.2) is 0 Å². The van der Waals surface area contributed by atoms with Crippen molar-refractivity contribution in [3.05, 3.63) is 0 Å². The van der Waals surface area contributed by atoms with E-state index >= 15 is 0 Å². The minimum absolute atomic E-state index is 0.512. The van der Waals surface area contributed by atoms with Crippen LogP contribution in [-0.2, 0) is 0 Å². The normalized spacial score (nSPS) is 10.2. The number of hydrogen-bond donors (Lipinski definition) is 3.